The van der Waals surface area contributed by atoms with Crippen LogP contribution in [0.2, 0.25) is 0 Å². The van der Waals surface area contributed by atoms with Crippen LogP contribution in [-0.4, -0.2) is 35.5 Å². The van der Waals surface area contributed by atoms with Crippen LogP contribution in [-0.2, 0) is 11.0 Å². The maximum Gasteiger partial charge on any atom is 0.417 e. The number of rotatable bonds is 10. The molecule has 36 heavy (non-hydrogen) atoms. The predicted octanol–water partition coefficient (Wildman–Crippen LogP) is 6.84. The Hall–Kier alpha value is -3.81. The third-order valence-corrected chi connectivity index (χ3v) is 5.74. The van der Waals surface area contributed by atoms with E-state index >= 15 is 0 Å². The Bertz CT molecular complexity index is 1180. The highest BCUT2D eigenvalue weighted by molar-refractivity contribution is 5.94. The molecule has 1 amide bonds. The number of carbonyl (C=O) groups excluding carboxylic acids is 1. The van der Waals surface area contributed by atoms with Gasteiger partial charge in [-0.25, -0.2) is 0 Å². The van der Waals surface area contributed by atoms with Crippen LogP contribution in [0.1, 0.15) is 53.8 Å². The Morgan fingerprint density at radius 2 is 1.67 bits per heavy atom. The van der Waals surface area contributed by atoms with Gasteiger partial charge in [0.1, 0.15) is 11.9 Å². The molecule has 1 unspecified atom stereocenters. The highest BCUT2D eigenvalue weighted by Crippen LogP contribution is 2.39. The van der Waals surface area contributed by atoms with Gasteiger partial charge in [0.25, 0.3) is 5.91 Å². The number of alkyl halides is 3. The Morgan fingerprint density at radius 1 is 1.00 bits per heavy atom. The van der Waals surface area contributed by atoms with E-state index in [1.807, 2.05) is 6.92 Å². The molecule has 0 aliphatic heterocycles. The molecular weight excluding hydrogens is 471 g/mol. The molecule has 0 bridgehead atoms. The standard InChI is InChI=1S/C28H28F3NO4/c1-3-7-25(36-22-13-10-20(11-14-22)27(35)32(2)17-16-26(33)34)21-12-15-23(19-8-5-4-6-9-19)24(18-21)28(29,30)31/h4-6,8-15,18,25H,3,7,16-17H2,1-2H3,(H,33,34). The Balaban J connectivity index is 1.83. The quantitative estimate of drug-likeness (QED) is 0.332. The first kappa shape index (κ1) is 26.8. The third kappa shape index (κ3) is 6.87. The summed E-state index contributed by atoms with van der Waals surface area (Å²) in [4.78, 5) is 24.5. The van der Waals surface area contributed by atoms with Crippen LogP contribution in [0.25, 0.3) is 11.1 Å². The van der Waals surface area contributed by atoms with Crippen molar-refractivity contribution in [3.8, 4) is 16.9 Å². The van der Waals surface area contributed by atoms with Crippen LogP contribution >= 0.6 is 0 Å². The van der Waals surface area contributed by atoms with Crippen LogP contribution < -0.4 is 4.74 Å². The predicted molar refractivity (Wildman–Crippen MR) is 131 cm³/mol. The van der Waals surface area contributed by atoms with Crippen molar-refractivity contribution in [1.82, 2.24) is 4.90 Å². The van der Waals surface area contributed by atoms with Crippen molar-refractivity contribution in [2.75, 3.05) is 13.6 Å². The van der Waals surface area contributed by atoms with Crippen LogP contribution in [0.15, 0.2) is 72.8 Å². The lowest BCUT2D eigenvalue weighted by atomic mass is 9.94. The lowest BCUT2D eigenvalue weighted by Crippen LogP contribution is -2.28. The molecule has 1 atom stereocenters. The summed E-state index contributed by atoms with van der Waals surface area (Å²) < 4.78 is 48.0. The summed E-state index contributed by atoms with van der Waals surface area (Å²) in [7, 11) is 1.52. The van der Waals surface area contributed by atoms with Gasteiger partial charge in [0.15, 0.2) is 0 Å². The zero-order valence-corrected chi connectivity index (χ0v) is 20.1. The average molecular weight is 500 g/mol. The van der Waals surface area contributed by atoms with Gasteiger partial charge in [0, 0.05) is 19.2 Å². The number of carboxylic acid groups (broad SMARTS) is 1. The Morgan fingerprint density at radius 3 is 2.25 bits per heavy atom. The van der Waals surface area contributed by atoms with E-state index in [2.05, 4.69) is 0 Å². The smallest absolute Gasteiger partial charge is 0.417 e. The lowest BCUT2D eigenvalue weighted by Gasteiger charge is -2.22. The van der Waals surface area contributed by atoms with Gasteiger partial charge in [0.2, 0.25) is 0 Å². The molecule has 0 aliphatic carbocycles. The molecule has 0 radical (unpaired) electrons. The summed E-state index contributed by atoms with van der Waals surface area (Å²) >= 11 is 0. The van der Waals surface area contributed by atoms with Crippen molar-refractivity contribution in [2.45, 2.75) is 38.5 Å². The summed E-state index contributed by atoms with van der Waals surface area (Å²) in [5.41, 5.74) is 0.641. The summed E-state index contributed by atoms with van der Waals surface area (Å²) in [5.74, 6) is -0.913. The Labute approximate surface area is 208 Å². The minimum absolute atomic E-state index is 0.0749. The van der Waals surface area contributed by atoms with E-state index in [4.69, 9.17) is 9.84 Å². The largest absolute Gasteiger partial charge is 0.486 e. The first-order valence-corrected chi connectivity index (χ1v) is 11.6. The zero-order chi connectivity index (χ0) is 26.3. The van der Waals surface area contributed by atoms with Gasteiger partial charge >= 0.3 is 12.1 Å². The van der Waals surface area contributed by atoms with Gasteiger partial charge < -0.3 is 14.7 Å². The monoisotopic (exact) mass is 499 g/mol. The molecule has 8 heteroatoms. The molecule has 3 aromatic rings. The molecule has 0 fully saturated rings. The minimum Gasteiger partial charge on any atom is -0.486 e. The molecule has 1 N–H and O–H groups in total. The van der Waals surface area contributed by atoms with E-state index in [0.29, 0.717) is 35.3 Å². The average Bonchev–Trinajstić information content (AvgIpc) is 2.86. The fraction of sp³-hybridized carbons (Fsp3) is 0.286. The van der Waals surface area contributed by atoms with E-state index in [-0.39, 0.29) is 24.4 Å². The van der Waals surface area contributed by atoms with Gasteiger partial charge in [-0.05, 0) is 53.4 Å². The number of amides is 1. The van der Waals surface area contributed by atoms with E-state index in [9.17, 15) is 22.8 Å². The second kappa shape index (κ2) is 11.7. The first-order valence-electron chi connectivity index (χ1n) is 11.6. The number of nitrogens with zero attached hydrogens (tertiary/aromatic N) is 1. The molecule has 190 valence electrons. The fourth-order valence-electron chi connectivity index (χ4n) is 3.85. The number of hydrogen-bond acceptors (Lipinski definition) is 3. The van der Waals surface area contributed by atoms with Crippen molar-refractivity contribution in [3.63, 3.8) is 0 Å². The van der Waals surface area contributed by atoms with E-state index in [0.717, 1.165) is 6.07 Å². The van der Waals surface area contributed by atoms with Gasteiger partial charge in [-0.1, -0.05) is 55.8 Å². The van der Waals surface area contributed by atoms with Crippen molar-refractivity contribution < 1.29 is 32.6 Å². The number of halogens is 3. The van der Waals surface area contributed by atoms with Crippen molar-refractivity contribution in [3.05, 3.63) is 89.5 Å². The van der Waals surface area contributed by atoms with Crippen LogP contribution in [0.3, 0.4) is 0 Å². The molecule has 0 saturated heterocycles. The maximum absolute atomic E-state index is 14.0. The summed E-state index contributed by atoms with van der Waals surface area (Å²) in [5, 5.41) is 8.79. The van der Waals surface area contributed by atoms with Crippen molar-refractivity contribution >= 4 is 11.9 Å². The SMILES string of the molecule is CCCC(Oc1ccc(C(=O)N(C)CCC(=O)O)cc1)c1ccc(-c2ccccc2)c(C(F)(F)F)c1. The van der Waals surface area contributed by atoms with Crippen molar-refractivity contribution in [1.29, 1.82) is 0 Å². The lowest BCUT2D eigenvalue weighted by molar-refractivity contribution is -0.138. The molecule has 0 saturated carbocycles. The van der Waals surface area contributed by atoms with Crippen molar-refractivity contribution in [2.24, 2.45) is 0 Å². The number of carboxylic acids is 1. The number of carbonyl (C=O) groups is 2. The summed E-state index contributed by atoms with van der Waals surface area (Å²) in [6, 6.07) is 19.0. The minimum atomic E-state index is -4.54. The molecule has 0 aliphatic rings. The molecule has 3 rings (SSSR count). The number of hydrogen-bond donors (Lipinski definition) is 1. The third-order valence-electron chi connectivity index (χ3n) is 5.74. The highest BCUT2D eigenvalue weighted by Gasteiger charge is 2.34. The topological polar surface area (TPSA) is 66.8 Å². The number of benzene rings is 3. The normalized spacial score (nSPS) is 12.1. The van der Waals surface area contributed by atoms with Crippen LogP contribution in [0.4, 0.5) is 13.2 Å². The molecule has 5 nitrogen and oxygen atoms in total. The van der Waals surface area contributed by atoms with Gasteiger partial charge in [-0.3, -0.25) is 9.59 Å². The van der Waals surface area contributed by atoms with Gasteiger partial charge in [0.05, 0.1) is 12.0 Å². The number of aliphatic carboxylic acids is 1. The second-order valence-electron chi connectivity index (χ2n) is 8.46. The van der Waals surface area contributed by atoms with E-state index in [1.54, 1.807) is 60.7 Å². The van der Waals surface area contributed by atoms with E-state index in [1.165, 1.54) is 18.0 Å². The summed E-state index contributed by atoms with van der Waals surface area (Å²) in [6.45, 7) is 2.00. The molecular formula is C28H28F3NO4. The molecule has 0 heterocycles. The van der Waals surface area contributed by atoms with Crippen LogP contribution in [0, 0.1) is 0 Å². The van der Waals surface area contributed by atoms with Crippen LogP contribution in [0.5, 0.6) is 5.75 Å². The van der Waals surface area contributed by atoms with Gasteiger partial charge in [-0.15, -0.1) is 0 Å². The van der Waals surface area contributed by atoms with E-state index < -0.39 is 23.8 Å². The molecule has 0 spiro atoms. The zero-order valence-electron chi connectivity index (χ0n) is 20.1. The second-order valence-corrected chi connectivity index (χ2v) is 8.46. The number of ether oxygens (including phenoxy) is 1. The maximum atomic E-state index is 14.0. The summed E-state index contributed by atoms with van der Waals surface area (Å²) in [6.07, 6.45) is -4.11. The highest BCUT2D eigenvalue weighted by atomic mass is 19.4. The molecule has 0 aromatic heterocycles. The molecule has 3 aromatic carbocycles. The van der Waals surface area contributed by atoms with Gasteiger partial charge in [-0.2, -0.15) is 13.2 Å². The fourth-order valence-corrected chi connectivity index (χ4v) is 3.85. The Kier molecular flexibility index (Phi) is 8.74. The first-order chi connectivity index (χ1) is 17.1.